The smallest absolute Gasteiger partial charge is 0.313 e. The lowest BCUT2D eigenvalue weighted by molar-refractivity contribution is -0.145. The molecule has 0 N–H and O–H groups in total. The second kappa shape index (κ2) is 5.99. The van der Waals surface area contributed by atoms with E-state index in [1.807, 2.05) is 0 Å². The summed E-state index contributed by atoms with van der Waals surface area (Å²) in [5.41, 5.74) is 0. The number of carbonyl (C=O) groups excluding carboxylic acids is 2. The number of ether oxygens (including phenoxy) is 1. The van der Waals surface area contributed by atoms with Gasteiger partial charge in [0, 0.05) is 12.6 Å². The van der Waals surface area contributed by atoms with Crippen molar-refractivity contribution in [1.29, 1.82) is 0 Å². The predicted molar refractivity (Wildman–Crippen MR) is 61.1 cm³/mol. The molecule has 0 amide bonds. The number of rotatable bonds is 5. The van der Waals surface area contributed by atoms with E-state index in [9.17, 15) is 9.59 Å². The highest BCUT2D eigenvalue weighted by Gasteiger charge is 2.27. The summed E-state index contributed by atoms with van der Waals surface area (Å²) in [5.74, 6) is 0.192. The summed E-state index contributed by atoms with van der Waals surface area (Å²) >= 11 is 0. The molecular weight excluding hydrogens is 206 g/mol. The zero-order valence-corrected chi connectivity index (χ0v) is 10.4. The number of nitrogens with zero attached hydrogens (tertiary/aromatic N) is 1. The van der Waals surface area contributed by atoms with Crippen molar-refractivity contribution in [2.45, 2.75) is 39.7 Å². The Labute approximate surface area is 96.9 Å². The maximum absolute atomic E-state index is 11.6. The highest BCUT2D eigenvalue weighted by atomic mass is 16.5. The Morgan fingerprint density at radius 2 is 2.06 bits per heavy atom. The topological polar surface area (TPSA) is 46.6 Å². The van der Waals surface area contributed by atoms with Crippen LogP contribution in [0.4, 0.5) is 0 Å². The van der Waals surface area contributed by atoms with Gasteiger partial charge in [0.1, 0.15) is 6.42 Å². The molecule has 1 heterocycles. The lowest BCUT2D eigenvalue weighted by atomic mass is 10.1. The Morgan fingerprint density at radius 3 is 2.56 bits per heavy atom. The first-order chi connectivity index (χ1) is 7.52. The molecule has 1 aliphatic rings. The van der Waals surface area contributed by atoms with Crippen LogP contribution in [0.15, 0.2) is 0 Å². The van der Waals surface area contributed by atoms with E-state index in [0.717, 1.165) is 13.0 Å². The van der Waals surface area contributed by atoms with E-state index in [0.29, 0.717) is 25.1 Å². The number of ketones is 1. The number of Topliss-reactive ketones (excluding diaryl/α,β-unsaturated/α-hetero) is 1. The SMILES string of the molecule is CCOC(=O)CC(=O)CN1CC(C)CC1C. The quantitative estimate of drug-likeness (QED) is 0.523. The molecule has 0 spiro atoms. The summed E-state index contributed by atoms with van der Waals surface area (Å²) in [5, 5.41) is 0. The summed E-state index contributed by atoms with van der Waals surface area (Å²) in [4.78, 5) is 24.9. The molecule has 0 aromatic heterocycles. The first-order valence-electron chi connectivity index (χ1n) is 5.94. The van der Waals surface area contributed by atoms with Crippen LogP contribution in [-0.2, 0) is 14.3 Å². The molecule has 0 radical (unpaired) electrons. The number of likely N-dealkylation sites (tertiary alicyclic amines) is 1. The normalized spacial score (nSPS) is 25.7. The molecule has 2 atom stereocenters. The Bertz CT molecular complexity index is 265. The van der Waals surface area contributed by atoms with Crippen molar-refractivity contribution in [1.82, 2.24) is 4.90 Å². The largest absolute Gasteiger partial charge is 0.466 e. The molecule has 1 fully saturated rings. The molecule has 0 aliphatic carbocycles. The maximum atomic E-state index is 11.6. The van der Waals surface area contributed by atoms with Gasteiger partial charge in [-0.25, -0.2) is 0 Å². The highest BCUT2D eigenvalue weighted by molar-refractivity contribution is 5.96. The van der Waals surface area contributed by atoms with E-state index in [1.54, 1.807) is 6.92 Å². The minimum atomic E-state index is -0.410. The summed E-state index contributed by atoms with van der Waals surface area (Å²) in [7, 11) is 0. The van der Waals surface area contributed by atoms with E-state index in [2.05, 4.69) is 18.7 Å². The Kier molecular flexibility index (Phi) is 4.93. The molecule has 1 rings (SSSR count). The minimum Gasteiger partial charge on any atom is -0.466 e. The molecule has 0 aromatic carbocycles. The fourth-order valence-electron chi connectivity index (χ4n) is 2.26. The van der Waals surface area contributed by atoms with Gasteiger partial charge in [-0.2, -0.15) is 0 Å². The van der Waals surface area contributed by atoms with E-state index in [-0.39, 0.29) is 12.2 Å². The predicted octanol–water partition coefficient (Wildman–Crippen LogP) is 1.24. The Morgan fingerprint density at radius 1 is 1.38 bits per heavy atom. The lowest BCUT2D eigenvalue weighted by Crippen LogP contribution is -2.33. The van der Waals surface area contributed by atoms with Gasteiger partial charge in [-0.1, -0.05) is 6.92 Å². The number of hydrogen-bond donors (Lipinski definition) is 0. The fraction of sp³-hybridized carbons (Fsp3) is 0.833. The van der Waals surface area contributed by atoms with Gasteiger partial charge >= 0.3 is 5.97 Å². The summed E-state index contributed by atoms with van der Waals surface area (Å²) in [6.45, 7) is 7.73. The molecule has 1 saturated heterocycles. The molecule has 4 heteroatoms. The van der Waals surface area contributed by atoms with E-state index >= 15 is 0 Å². The highest BCUT2D eigenvalue weighted by Crippen LogP contribution is 2.21. The second-order valence-corrected chi connectivity index (χ2v) is 4.64. The van der Waals surface area contributed by atoms with Crippen LogP contribution in [-0.4, -0.2) is 42.4 Å². The molecule has 4 nitrogen and oxygen atoms in total. The van der Waals surface area contributed by atoms with Crippen LogP contribution in [0, 0.1) is 5.92 Å². The average molecular weight is 227 g/mol. The number of carbonyl (C=O) groups is 2. The maximum Gasteiger partial charge on any atom is 0.313 e. The van der Waals surface area contributed by atoms with Crippen molar-refractivity contribution >= 4 is 11.8 Å². The van der Waals surface area contributed by atoms with Crippen LogP contribution < -0.4 is 0 Å². The van der Waals surface area contributed by atoms with Gasteiger partial charge in [0.2, 0.25) is 0 Å². The van der Waals surface area contributed by atoms with Crippen molar-refractivity contribution in [3.05, 3.63) is 0 Å². The van der Waals surface area contributed by atoms with Gasteiger partial charge in [0.05, 0.1) is 13.2 Å². The van der Waals surface area contributed by atoms with Gasteiger partial charge in [0.15, 0.2) is 5.78 Å². The van der Waals surface area contributed by atoms with Gasteiger partial charge in [-0.05, 0) is 26.2 Å². The van der Waals surface area contributed by atoms with Gasteiger partial charge in [0.25, 0.3) is 0 Å². The van der Waals surface area contributed by atoms with Crippen LogP contribution in [0.1, 0.15) is 33.6 Å². The average Bonchev–Trinajstić information content (AvgIpc) is 2.44. The first kappa shape index (κ1) is 13.2. The lowest BCUT2D eigenvalue weighted by Gasteiger charge is -2.19. The Balaban J connectivity index is 2.31. The van der Waals surface area contributed by atoms with Gasteiger partial charge < -0.3 is 4.74 Å². The van der Waals surface area contributed by atoms with E-state index in [4.69, 9.17) is 4.74 Å². The van der Waals surface area contributed by atoms with Crippen molar-refractivity contribution in [3.8, 4) is 0 Å². The molecule has 1 aliphatic heterocycles. The Hall–Kier alpha value is -0.900. The molecule has 2 unspecified atom stereocenters. The molecular formula is C12H21NO3. The first-order valence-corrected chi connectivity index (χ1v) is 5.94. The number of hydrogen-bond acceptors (Lipinski definition) is 4. The number of esters is 1. The van der Waals surface area contributed by atoms with Crippen LogP contribution in [0.5, 0.6) is 0 Å². The molecule has 0 bridgehead atoms. The van der Waals surface area contributed by atoms with Crippen molar-refractivity contribution < 1.29 is 14.3 Å². The van der Waals surface area contributed by atoms with Crippen molar-refractivity contribution in [2.24, 2.45) is 5.92 Å². The summed E-state index contributed by atoms with van der Waals surface area (Å²) in [6, 6.07) is 0.446. The van der Waals surface area contributed by atoms with Crippen LogP contribution >= 0.6 is 0 Å². The second-order valence-electron chi connectivity index (χ2n) is 4.64. The van der Waals surface area contributed by atoms with E-state index in [1.165, 1.54) is 0 Å². The summed E-state index contributed by atoms with van der Waals surface area (Å²) in [6.07, 6.45) is 1.04. The fourth-order valence-corrected chi connectivity index (χ4v) is 2.26. The monoisotopic (exact) mass is 227 g/mol. The minimum absolute atomic E-state index is 0.0422. The van der Waals surface area contributed by atoms with Crippen LogP contribution in [0.25, 0.3) is 0 Å². The van der Waals surface area contributed by atoms with E-state index < -0.39 is 5.97 Å². The molecule has 16 heavy (non-hydrogen) atoms. The van der Waals surface area contributed by atoms with Crippen LogP contribution in [0.2, 0.25) is 0 Å². The third kappa shape index (κ3) is 3.93. The molecule has 0 saturated carbocycles. The summed E-state index contributed by atoms with van der Waals surface area (Å²) < 4.78 is 4.75. The zero-order chi connectivity index (χ0) is 12.1. The zero-order valence-electron chi connectivity index (χ0n) is 10.4. The van der Waals surface area contributed by atoms with Crippen molar-refractivity contribution in [3.63, 3.8) is 0 Å². The van der Waals surface area contributed by atoms with Crippen molar-refractivity contribution in [2.75, 3.05) is 19.7 Å². The third-order valence-electron chi connectivity index (χ3n) is 2.94. The standard InChI is InChI=1S/C12H21NO3/c1-4-16-12(15)6-11(14)8-13-7-9(2)5-10(13)3/h9-10H,4-8H2,1-3H3. The molecule has 0 aromatic rings. The third-order valence-corrected chi connectivity index (χ3v) is 2.94. The van der Waals surface area contributed by atoms with Crippen LogP contribution in [0.3, 0.4) is 0 Å². The van der Waals surface area contributed by atoms with Gasteiger partial charge in [-0.15, -0.1) is 0 Å². The van der Waals surface area contributed by atoms with Gasteiger partial charge in [-0.3, -0.25) is 14.5 Å². The molecule has 92 valence electrons.